The van der Waals surface area contributed by atoms with E-state index >= 15 is 0 Å². The Morgan fingerprint density at radius 2 is 1.42 bits per heavy atom. The van der Waals surface area contributed by atoms with Crippen LogP contribution in [0.2, 0.25) is 17.3 Å². The van der Waals surface area contributed by atoms with E-state index in [-0.39, 0.29) is 20.1 Å². The third kappa shape index (κ3) is 9.02. The summed E-state index contributed by atoms with van der Waals surface area (Å²) in [5.41, 5.74) is 14.7. The molecule has 317 valence electrons. The molecule has 9 rings (SSSR count). The Morgan fingerprint density at radius 1 is 0.726 bits per heavy atom. The van der Waals surface area contributed by atoms with Crippen LogP contribution in [0.15, 0.2) is 132 Å². The fraction of sp³-hybridized carbons (Fsp3) is 0.255. The fourth-order valence-corrected chi connectivity index (χ4v) is 11.8. The number of benzene rings is 5. The molecule has 7 heteroatoms. The largest absolute Gasteiger partial charge is 0.486 e. The van der Waals surface area contributed by atoms with E-state index in [9.17, 15) is 0 Å². The molecule has 1 radical (unpaired) electrons. The summed E-state index contributed by atoms with van der Waals surface area (Å²) in [6.07, 6.45) is 3.27. The van der Waals surface area contributed by atoms with Crippen molar-refractivity contribution in [1.29, 1.82) is 0 Å². The molecule has 4 aromatic heterocycles. The van der Waals surface area contributed by atoms with Crippen molar-refractivity contribution in [2.75, 3.05) is 0 Å². The van der Waals surface area contributed by atoms with Gasteiger partial charge >= 0.3 is 126 Å². The molecule has 0 atom stereocenters. The van der Waals surface area contributed by atoms with Gasteiger partial charge in [0.05, 0.1) is 28.1 Å². The van der Waals surface area contributed by atoms with E-state index in [1.54, 1.807) is 4.40 Å². The molecule has 0 aliphatic carbocycles. The quantitative estimate of drug-likeness (QED) is 0.107. The summed E-state index contributed by atoms with van der Waals surface area (Å²) in [5, 5.41) is 2.06. The first-order valence-corrected chi connectivity index (χ1v) is 29.0. The molecule has 0 saturated heterocycles. The first kappa shape index (κ1) is 44.9. The molecular formula is C55H56GeIrN4O-2. The molecular weight excluding hydrogens is 997 g/mol. The van der Waals surface area contributed by atoms with Gasteiger partial charge in [0.1, 0.15) is 0 Å². The summed E-state index contributed by atoms with van der Waals surface area (Å²) in [6, 6.07) is 48.7. The normalized spacial score (nSPS) is 11.8. The Hall–Kier alpha value is -5.14. The predicted molar refractivity (Wildman–Crippen MR) is 259 cm³/mol. The van der Waals surface area contributed by atoms with Gasteiger partial charge in [0, 0.05) is 36.7 Å². The number of aromatic nitrogens is 4. The van der Waals surface area contributed by atoms with Crippen LogP contribution in [0.25, 0.3) is 72.7 Å². The maximum absolute atomic E-state index is 6.63. The molecule has 0 unspecified atom stereocenters. The zero-order valence-corrected chi connectivity index (χ0v) is 42.1. The van der Waals surface area contributed by atoms with Crippen molar-refractivity contribution in [3.8, 4) is 39.6 Å². The van der Waals surface area contributed by atoms with Crippen LogP contribution in [0.5, 0.6) is 0 Å². The third-order valence-electron chi connectivity index (χ3n) is 11.4. The molecule has 5 aromatic carbocycles. The maximum atomic E-state index is 6.63. The number of rotatable bonds is 9. The molecule has 0 aliphatic rings. The molecule has 5 nitrogen and oxygen atoms in total. The molecule has 0 spiro atoms. The van der Waals surface area contributed by atoms with Crippen LogP contribution in [0.1, 0.15) is 75.6 Å². The average Bonchev–Trinajstić information content (AvgIpc) is 3.83. The van der Waals surface area contributed by atoms with E-state index in [2.05, 4.69) is 167 Å². The molecule has 0 saturated carbocycles. The monoisotopic (exact) mass is 1060 g/mol. The molecule has 62 heavy (non-hydrogen) atoms. The van der Waals surface area contributed by atoms with Crippen LogP contribution in [-0.4, -0.2) is 32.8 Å². The minimum absolute atomic E-state index is 0. The molecule has 4 heterocycles. The van der Waals surface area contributed by atoms with Crippen LogP contribution in [0.3, 0.4) is 0 Å². The van der Waals surface area contributed by atoms with Crippen LogP contribution >= 0.6 is 0 Å². The van der Waals surface area contributed by atoms with Crippen molar-refractivity contribution in [2.45, 2.75) is 84.0 Å². The number of fused-ring (bicyclic) bond motifs is 4. The standard InChI is InChI=1S/C37H32N3O.C18H24GeN.Ir/c1-22(2)26-14-11-15-27(23(3)4)34(26)40-32-17-10-9-16-31(32)38-36(40)29-19-18-24(5)33-28-20-21-30(25-12-7-6-8-13-25)39-37(28)41-35(29)33;1-14(2)11-16-12-18(15-9-7-6-8-10-15)20-13-17(16)19(3,4)5;/h6-18,20-23H,1-5H3;6-9,12-14H,11H2,1-5H3;/q2*-1;. The van der Waals surface area contributed by atoms with Gasteiger partial charge in [-0.1, -0.05) is 106 Å². The number of pyridine rings is 2. The van der Waals surface area contributed by atoms with Crippen LogP contribution < -0.4 is 4.40 Å². The van der Waals surface area contributed by atoms with Gasteiger partial charge < -0.3 is 8.98 Å². The van der Waals surface area contributed by atoms with Crippen molar-refractivity contribution >= 4 is 50.8 Å². The Labute approximate surface area is 383 Å². The van der Waals surface area contributed by atoms with E-state index in [4.69, 9.17) is 19.4 Å². The van der Waals surface area contributed by atoms with Crippen molar-refractivity contribution in [3.05, 3.63) is 162 Å². The Morgan fingerprint density at radius 3 is 2.08 bits per heavy atom. The zero-order valence-electron chi connectivity index (χ0n) is 37.6. The second-order valence-electron chi connectivity index (χ2n) is 18.3. The number of para-hydroxylation sites is 3. The predicted octanol–water partition coefficient (Wildman–Crippen LogP) is 14.3. The molecule has 0 fully saturated rings. The van der Waals surface area contributed by atoms with Crippen molar-refractivity contribution in [2.24, 2.45) is 5.92 Å². The number of hydrogen-bond acceptors (Lipinski definition) is 4. The van der Waals surface area contributed by atoms with E-state index in [0.717, 1.165) is 73.3 Å². The van der Waals surface area contributed by atoms with Gasteiger partial charge in [-0.3, -0.25) is 4.98 Å². The molecule has 0 aliphatic heterocycles. The minimum atomic E-state index is -1.86. The van der Waals surface area contributed by atoms with E-state index in [1.807, 2.05) is 42.5 Å². The first-order valence-electron chi connectivity index (χ1n) is 21.7. The number of hydrogen-bond donors (Lipinski definition) is 0. The fourth-order valence-electron chi connectivity index (χ4n) is 8.47. The SMILES string of the molecule is CC(C)Cc1cc(-c2[c-]cccc2)nc[c]1[Ge]([CH3])([CH3])[CH3].Cc1c[c-]c(-c2nc3ccccc3n2-c2c(C(C)C)cccc2C(C)C)c2oc3nc(-c4ccccc4)ccc3c12.[Ir]. The Bertz CT molecular complexity index is 2950. The summed E-state index contributed by atoms with van der Waals surface area (Å²) in [5.74, 6) is 9.50. The van der Waals surface area contributed by atoms with E-state index in [0.29, 0.717) is 23.5 Å². The minimum Gasteiger partial charge on any atom is -0.486 e. The van der Waals surface area contributed by atoms with Gasteiger partial charge in [-0.15, -0.1) is 17.7 Å². The van der Waals surface area contributed by atoms with Crippen LogP contribution in [-0.2, 0) is 26.5 Å². The summed E-state index contributed by atoms with van der Waals surface area (Å²) < 4.78 is 10.5. The average molecular weight is 1050 g/mol. The number of imidazole rings is 1. The van der Waals surface area contributed by atoms with Crippen molar-refractivity contribution in [3.63, 3.8) is 0 Å². The number of nitrogens with zero attached hydrogens (tertiary/aromatic N) is 4. The second-order valence-corrected chi connectivity index (χ2v) is 28.8. The Balaban J connectivity index is 0.000000233. The summed E-state index contributed by atoms with van der Waals surface area (Å²) in [6.45, 7) is 15.7. The zero-order chi connectivity index (χ0) is 43.0. The van der Waals surface area contributed by atoms with Crippen molar-refractivity contribution in [1.82, 2.24) is 19.5 Å². The van der Waals surface area contributed by atoms with Crippen LogP contribution in [0, 0.1) is 25.0 Å². The van der Waals surface area contributed by atoms with Crippen molar-refractivity contribution < 1.29 is 24.5 Å². The van der Waals surface area contributed by atoms with Gasteiger partial charge in [0.2, 0.25) is 5.71 Å². The third-order valence-corrected chi connectivity index (χ3v) is 15.8. The molecule has 0 N–H and O–H groups in total. The Kier molecular flexibility index (Phi) is 13.5. The second kappa shape index (κ2) is 18.7. The summed E-state index contributed by atoms with van der Waals surface area (Å²) in [7, 11) is 0. The van der Waals surface area contributed by atoms with Gasteiger partial charge in [-0.2, -0.15) is 0 Å². The van der Waals surface area contributed by atoms with Gasteiger partial charge in [0.25, 0.3) is 0 Å². The number of furan rings is 1. The first-order chi connectivity index (χ1) is 29.3. The molecule has 0 amide bonds. The smallest absolute Gasteiger partial charge is 0.216 e. The summed E-state index contributed by atoms with van der Waals surface area (Å²) in [4.78, 5) is 14.9. The maximum Gasteiger partial charge on any atom is 0.216 e. The topological polar surface area (TPSA) is 56.7 Å². The molecule has 9 aromatic rings. The van der Waals surface area contributed by atoms with Gasteiger partial charge in [-0.05, 0) is 47.2 Å². The molecule has 0 bridgehead atoms. The van der Waals surface area contributed by atoms with E-state index in [1.165, 1.54) is 22.4 Å². The van der Waals surface area contributed by atoms with E-state index < -0.39 is 13.3 Å². The summed E-state index contributed by atoms with van der Waals surface area (Å²) >= 11 is -1.86. The van der Waals surface area contributed by atoms with Gasteiger partial charge in [0.15, 0.2) is 0 Å². The van der Waals surface area contributed by atoms with Gasteiger partial charge in [-0.25, -0.2) is 4.98 Å². The number of aryl methyl sites for hydroxylation is 1. The van der Waals surface area contributed by atoms with Crippen LogP contribution in [0.4, 0.5) is 0 Å².